The highest BCUT2D eigenvalue weighted by Crippen LogP contribution is 2.30. The lowest BCUT2D eigenvalue weighted by Crippen LogP contribution is -2.37. The Labute approximate surface area is 150 Å². The summed E-state index contributed by atoms with van der Waals surface area (Å²) in [5, 5.41) is 0. The van der Waals surface area contributed by atoms with Gasteiger partial charge < -0.3 is 14.5 Å². The van der Waals surface area contributed by atoms with Gasteiger partial charge in [-0.05, 0) is 42.5 Å². The monoisotopic (exact) mass is 346 g/mol. The van der Waals surface area contributed by atoms with Crippen molar-refractivity contribution < 1.29 is 14.3 Å². The second-order valence-corrected chi connectivity index (χ2v) is 6.94. The molecule has 1 aromatic rings. The van der Waals surface area contributed by atoms with Crippen LogP contribution in [-0.4, -0.2) is 54.9 Å². The molecule has 0 unspecified atom stereocenters. The number of ether oxygens (including phenoxy) is 1. The largest absolute Gasteiger partial charge is 0.496 e. The van der Waals surface area contributed by atoms with Crippen LogP contribution in [-0.2, 0) is 4.79 Å². The molecule has 0 atom stereocenters. The third kappa shape index (κ3) is 4.33. The van der Waals surface area contributed by atoms with E-state index in [9.17, 15) is 9.59 Å². The summed E-state index contributed by atoms with van der Waals surface area (Å²) in [6.45, 7) is 10.7. The fraction of sp³-hybridized carbons (Fsp3) is 0.600. The molecule has 0 radical (unpaired) electrons. The van der Waals surface area contributed by atoms with Gasteiger partial charge in [-0.3, -0.25) is 9.59 Å². The van der Waals surface area contributed by atoms with Gasteiger partial charge in [-0.15, -0.1) is 0 Å². The molecule has 1 saturated heterocycles. The second kappa shape index (κ2) is 8.37. The molecule has 0 aromatic heterocycles. The fourth-order valence-corrected chi connectivity index (χ4v) is 3.32. The molecule has 25 heavy (non-hydrogen) atoms. The third-order valence-electron chi connectivity index (χ3n) is 4.87. The van der Waals surface area contributed by atoms with E-state index < -0.39 is 0 Å². The van der Waals surface area contributed by atoms with Gasteiger partial charge in [-0.2, -0.15) is 0 Å². The Morgan fingerprint density at radius 1 is 1.12 bits per heavy atom. The average Bonchev–Trinajstić information content (AvgIpc) is 2.86. The molecular weight excluding hydrogens is 316 g/mol. The van der Waals surface area contributed by atoms with Gasteiger partial charge in [0, 0.05) is 38.2 Å². The first kappa shape index (κ1) is 19.3. The van der Waals surface area contributed by atoms with Gasteiger partial charge in [-0.1, -0.05) is 20.8 Å². The third-order valence-corrected chi connectivity index (χ3v) is 4.87. The number of hydrogen-bond acceptors (Lipinski definition) is 3. The zero-order valence-corrected chi connectivity index (χ0v) is 16.1. The molecule has 5 heteroatoms. The number of nitrogens with zero attached hydrogens (tertiary/aromatic N) is 2. The average molecular weight is 346 g/mol. The van der Waals surface area contributed by atoms with E-state index in [1.807, 2.05) is 35.8 Å². The first-order valence-electron chi connectivity index (χ1n) is 9.14. The Kier molecular flexibility index (Phi) is 6.45. The van der Waals surface area contributed by atoms with E-state index in [2.05, 4.69) is 13.8 Å². The van der Waals surface area contributed by atoms with Gasteiger partial charge in [0.05, 0.1) is 7.11 Å². The normalized spacial score (nSPS) is 15.3. The first-order valence-corrected chi connectivity index (χ1v) is 9.14. The minimum absolute atomic E-state index is 0.0489. The molecule has 1 fully saturated rings. The van der Waals surface area contributed by atoms with Crippen molar-refractivity contribution in [1.82, 2.24) is 9.80 Å². The molecule has 0 N–H and O–H groups in total. The molecule has 5 nitrogen and oxygen atoms in total. The summed E-state index contributed by atoms with van der Waals surface area (Å²) in [4.78, 5) is 28.7. The van der Waals surface area contributed by atoms with Crippen LogP contribution in [0.25, 0.3) is 0 Å². The smallest absolute Gasteiger partial charge is 0.254 e. The molecule has 2 rings (SSSR count). The Morgan fingerprint density at radius 2 is 1.76 bits per heavy atom. The highest BCUT2D eigenvalue weighted by atomic mass is 16.5. The molecule has 0 bridgehead atoms. The second-order valence-electron chi connectivity index (χ2n) is 6.94. The van der Waals surface area contributed by atoms with E-state index in [4.69, 9.17) is 4.74 Å². The van der Waals surface area contributed by atoms with Crippen molar-refractivity contribution in [3.63, 3.8) is 0 Å². The zero-order valence-electron chi connectivity index (χ0n) is 16.1. The molecule has 0 spiro atoms. The number of aryl methyl sites for hydroxylation is 1. The Hall–Kier alpha value is -2.04. The fourth-order valence-electron chi connectivity index (χ4n) is 3.32. The minimum atomic E-state index is 0.0489. The molecule has 1 aromatic carbocycles. The molecule has 0 aliphatic carbocycles. The SMILES string of the molecule is CCC(=O)N1CCCN(C(=O)c2cc(C(C)C)c(OC)cc2C)CC1. The van der Waals surface area contributed by atoms with Crippen LogP contribution >= 0.6 is 0 Å². The van der Waals surface area contributed by atoms with Crippen LogP contribution in [0.5, 0.6) is 5.75 Å². The lowest BCUT2D eigenvalue weighted by molar-refractivity contribution is -0.130. The van der Waals surface area contributed by atoms with Gasteiger partial charge >= 0.3 is 0 Å². The summed E-state index contributed by atoms with van der Waals surface area (Å²) in [6, 6.07) is 3.92. The maximum absolute atomic E-state index is 13.1. The maximum Gasteiger partial charge on any atom is 0.254 e. The zero-order chi connectivity index (χ0) is 18.6. The minimum Gasteiger partial charge on any atom is -0.496 e. The topological polar surface area (TPSA) is 49.9 Å². The summed E-state index contributed by atoms with van der Waals surface area (Å²) in [5.74, 6) is 1.33. The molecule has 1 heterocycles. The van der Waals surface area contributed by atoms with Crippen LogP contribution in [0.2, 0.25) is 0 Å². The number of carbonyl (C=O) groups is 2. The van der Waals surface area contributed by atoms with E-state index in [0.29, 0.717) is 26.1 Å². The summed E-state index contributed by atoms with van der Waals surface area (Å²) in [7, 11) is 1.66. The van der Waals surface area contributed by atoms with Crippen LogP contribution in [0.4, 0.5) is 0 Å². The number of carbonyl (C=O) groups excluding carboxylic acids is 2. The Bertz CT molecular complexity index is 640. The van der Waals surface area contributed by atoms with Crippen LogP contribution < -0.4 is 4.74 Å². The van der Waals surface area contributed by atoms with Crippen LogP contribution in [0.1, 0.15) is 61.0 Å². The van der Waals surface area contributed by atoms with Gasteiger partial charge in [-0.25, -0.2) is 0 Å². The highest BCUT2D eigenvalue weighted by Gasteiger charge is 2.24. The standard InChI is InChI=1S/C20H30N2O3/c1-6-19(23)21-8-7-9-22(11-10-21)20(24)17-13-16(14(2)3)18(25-5)12-15(17)4/h12-14H,6-11H2,1-5H3. The van der Waals surface area contributed by atoms with Crippen molar-refractivity contribution >= 4 is 11.8 Å². The van der Waals surface area contributed by atoms with Gasteiger partial charge in [0.15, 0.2) is 0 Å². The Morgan fingerprint density at radius 3 is 2.36 bits per heavy atom. The van der Waals surface area contributed by atoms with Crippen LogP contribution in [0, 0.1) is 6.92 Å². The molecule has 138 valence electrons. The van der Waals surface area contributed by atoms with Gasteiger partial charge in [0.25, 0.3) is 5.91 Å². The predicted octanol–water partition coefficient (Wildman–Crippen LogP) is 3.21. The molecular formula is C20H30N2O3. The van der Waals surface area contributed by atoms with E-state index in [-0.39, 0.29) is 17.7 Å². The highest BCUT2D eigenvalue weighted by molar-refractivity contribution is 5.96. The van der Waals surface area contributed by atoms with Crippen molar-refractivity contribution in [2.24, 2.45) is 0 Å². The lowest BCUT2D eigenvalue weighted by atomic mass is 9.95. The molecule has 1 aliphatic heterocycles. The summed E-state index contributed by atoms with van der Waals surface area (Å²) >= 11 is 0. The summed E-state index contributed by atoms with van der Waals surface area (Å²) in [5.41, 5.74) is 2.71. The van der Waals surface area contributed by atoms with Gasteiger partial charge in [0.2, 0.25) is 5.91 Å². The van der Waals surface area contributed by atoms with Gasteiger partial charge in [0.1, 0.15) is 5.75 Å². The van der Waals surface area contributed by atoms with Crippen molar-refractivity contribution in [3.8, 4) is 5.75 Å². The van der Waals surface area contributed by atoms with E-state index >= 15 is 0 Å². The quantitative estimate of drug-likeness (QED) is 0.841. The molecule has 1 aliphatic rings. The molecule has 0 saturated carbocycles. The maximum atomic E-state index is 13.1. The number of benzene rings is 1. The summed E-state index contributed by atoms with van der Waals surface area (Å²) in [6.07, 6.45) is 1.34. The van der Waals surface area contributed by atoms with Crippen molar-refractivity contribution in [1.29, 1.82) is 0 Å². The summed E-state index contributed by atoms with van der Waals surface area (Å²) < 4.78 is 5.47. The number of amides is 2. The number of rotatable bonds is 4. The first-order chi connectivity index (χ1) is 11.9. The van der Waals surface area contributed by atoms with Crippen molar-refractivity contribution in [3.05, 3.63) is 28.8 Å². The predicted molar refractivity (Wildman–Crippen MR) is 99.2 cm³/mol. The molecule has 2 amide bonds. The van der Waals surface area contributed by atoms with Crippen molar-refractivity contribution in [2.75, 3.05) is 33.3 Å². The van der Waals surface area contributed by atoms with Crippen LogP contribution in [0.3, 0.4) is 0 Å². The number of hydrogen-bond donors (Lipinski definition) is 0. The van der Waals surface area contributed by atoms with Crippen LogP contribution in [0.15, 0.2) is 12.1 Å². The number of methoxy groups -OCH3 is 1. The van der Waals surface area contributed by atoms with Crippen molar-refractivity contribution in [2.45, 2.75) is 46.5 Å². The Balaban J connectivity index is 2.22. The van der Waals surface area contributed by atoms with E-state index in [0.717, 1.165) is 35.4 Å². The van der Waals surface area contributed by atoms with E-state index in [1.165, 1.54) is 0 Å². The lowest BCUT2D eigenvalue weighted by Gasteiger charge is -2.23. The van der Waals surface area contributed by atoms with E-state index in [1.54, 1.807) is 7.11 Å².